The van der Waals surface area contributed by atoms with Gasteiger partial charge in [0.25, 0.3) is 0 Å². The van der Waals surface area contributed by atoms with E-state index in [9.17, 15) is 13.2 Å². The summed E-state index contributed by atoms with van der Waals surface area (Å²) < 4.78 is 40.3. The first-order valence-corrected chi connectivity index (χ1v) is 5.20. The smallest absolute Gasteiger partial charge is 0.405 e. The van der Waals surface area contributed by atoms with Crippen molar-refractivity contribution >= 4 is 22.6 Å². The van der Waals surface area contributed by atoms with Crippen LogP contribution in [0.15, 0.2) is 6.07 Å². The van der Waals surface area contributed by atoms with E-state index in [0.717, 1.165) is 6.07 Å². The zero-order valence-electron chi connectivity index (χ0n) is 7.88. The Kier molecular flexibility index (Phi) is 4.33. The van der Waals surface area contributed by atoms with Crippen LogP contribution in [0.2, 0.25) is 0 Å². The maximum atomic E-state index is 12.1. The number of aliphatic hydroxyl groups excluding tert-OH is 1. The molecule has 0 unspecified atom stereocenters. The van der Waals surface area contributed by atoms with Crippen LogP contribution in [0.3, 0.4) is 0 Å². The molecule has 0 fully saturated rings. The summed E-state index contributed by atoms with van der Waals surface area (Å²) in [5, 5.41) is 8.81. The van der Waals surface area contributed by atoms with Gasteiger partial charge in [-0.2, -0.15) is 0 Å². The lowest BCUT2D eigenvalue weighted by molar-refractivity contribution is -0.275. The molecule has 90 valence electrons. The molecule has 4 nitrogen and oxygen atoms in total. The predicted octanol–water partition coefficient (Wildman–Crippen LogP) is 1.54. The van der Waals surface area contributed by atoms with E-state index >= 15 is 0 Å². The zero-order valence-corrected chi connectivity index (χ0v) is 10.0. The minimum Gasteiger partial charge on any atom is -0.405 e. The van der Waals surface area contributed by atoms with Gasteiger partial charge in [-0.05, 0) is 22.6 Å². The van der Waals surface area contributed by atoms with Crippen molar-refractivity contribution in [3.8, 4) is 5.75 Å². The van der Waals surface area contributed by atoms with E-state index in [2.05, 4.69) is 9.72 Å². The average Bonchev–Trinajstić information content (AvgIpc) is 2.14. The maximum absolute atomic E-state index is 12.1. The molecule has 0 aliphatic carbocycles. The Morgan fingerprint density at radius 2 is 2.12 bits per heavy atom. The molecule has 0 aliphatic rings. The van der Waals surface area contributed by atoms with Gasteiger partial charge in [0.2, 0.25) is 0 Å². The van der Waals surface area contributed by atoms with E-state index in [0.29, 0.717) is 0 Å². The van der Waals surface area contributed by atoms with Crippen LogP contribution in [-0.2, 0) is 13.2 Å². The molecule has 1 heterocycles. The van der Waals surface area contributed by atoms with Gasteiger partial charge in [-0.15, -0.1) is 13.2 Å². The average molecular weight is 348 g/mol. The second-order valence-electron chi connectivity index (χ2n) is 2.79. The Balaban J connectivity index is 3.18. The number of pyridine rings is 1. The van der Waals surface area contributed by atoms with Crippen molar-refractivity contribution in [2.24, 2.45) is 5.73 Å². The van der Waals surface area contributed by atoms with E-state index in [-0.39, 0.29) is 21.5 Å². The Bertz CT molecular complexity index is 384. The highest BCUT2D eigenvalue weighted by Gasteiger charge is 2.32. The highest BCUT2D eigenvalue weighted by molar-refractivity contribution is 14.1. The predicted molar refractivity (Wildman–Crippen MR) is 57.5 cm³/mol. The fraction of sp³-hybridized carbons (Fsp3) is 0.375. The highest BCUT2D eigenvalue weighted by Crippen LogP contribution is 2.29. The van der Waals surface area contributed by atoms with Crippen molar-refractivity contribution in [2.75, 3.05) is 0 Å². The number of hydrogen-bond acceptors (Lipinski definition) is 4. The van der Waals surface area contributed by atoms with Crippen LogP contribution in [0.4, 0.5) is 13.2 Å². The normalized spacial score (nSPS) is 11.6. The van der Waals surface area contributed by atoms with Crippen LogP contribution >= 0.6 is 22.6 Å². The molecule has 8 heteroatoms. The van der Waals surface area contributed by atoms with Crippen LogP contribution in [-0.4, -0.2) is 16.5 Å². The summed E-state index contributed by atoms with van der Waals surface area (Å²) in [4.78, 5) is 3.86. The fourth-order valence-corrected chi connectivity index (χ4v) is 1.84. The molecule has 0 bridgehead atoms. The Labute approximate surface area is 103 Å². The van der Waals surface area contributed by atoms with Crippen molar-refractivity contribution in [1.82, 2.24) is 4.98 Å². The van der Waals surface area contributed by atoms with E-state index < -0.39 is 18.7 Å². The van der Waals surface area contributed by atoms with E-state index in [1.165, 1.54) is 0 Å². The first-order valence-electron chi connectivity index (χ1n) is 4.12. The Morgan fingerprint density at radius 3 is 2.56 bits per heavy atom. The molecule has 0 atom stereocenters. The molecular formula is C8H8F3IN2O2. The Hall–Kier alpha value is -0.610. The molecule has 0 aromatic carbocycles. The molecule has 1 aromatic heterocycles. The van der Waals surface area contributed by atoms with E-state index in [1.54, 1.807) is 22.6 Å². The van der Waals surface area contributed by atoms with Crippen LogP contribution in [0.25, 0.3) is 0 Å². The fourth-order valence-electron chi connectivity index (χ4n) is 1.05. The lowest BCUT2D eigenvalue weighted by Crippen LogP contribution is -2.20. The summed E-state index contributed by atoms with van der Waals surface area (Å²) in [6, 6.07) is 1.03. The minimum atomic E-state index is -4.79. The van der Waals surface area contributed by atoms with E-state index in [1.807, 2.05) is 0 Å². The molecule has 0 aliphatic heterocycles. The number of nitrogens with two attached hydrogens (primary N) is 1. The monoisotopic (exact) mass is 348 g/mol. The van der Waals surface area contributed by atoms with Crippen molar-refractivity contribution in [1.29, 1.82) is 0 Å². The SMILES string of the molecule is NCc1c(OC(F)(F)F)cc(CO)nc1I. The number of halogens is 4. The molecule has 1 rings (SSSR count). The summed E-state index contributed by atoms with van der Waals surface area (Å²) in [6.45, 7) is -0.586. The standard InChI is InChI=1S/C8H8F3IN2O2/c9-8(10,11)16-6-1-4(3-15)14-7(12)5(6)2-13/h1,15H,2-3,13H2. The van der Waals surface area contributed by atoms with Crippen molar-refractivity contribution in [3.63, 3.8) is 0 Å². The van der Waals surface area contributed by atoms with Gasteiger partial charge in [0, 0.05) is 18.2 Å². The Morgan fingerprint density at radius 1 is 1.50 bits per heavy atom. The molecule has 0 spiro atoms. The molecule has 0 saturated carbocycles. The van der Waals surface area contributed by atoms with Gasteiger partial charge in [-0.25, -0.2) is 4.98 Å². The number of nitrogens with zero attached hydrogens (tertiary/aromatic N) is 1. The quantitative estimate of drug-likeness (QED) is 0.642. The number of hydrogen-bond donors (Lipinski definition) is 2. The molecule has 16 heavy (non-hydrogen) atoms. The summed E-state index contributed by atoms with van der Waals surface area (Å²) in [7, 11) is 0. The second-order valence-corrected chi connectivity index (χ2v) is 3.81. The zero-order chi connectivity index (χ0) is 12.3. The first kappa shape index (κ1) is 13.5. The van der Waals surface area contributed by atoms with Crippen molar-refractivity contribution < 1.29 is 23.0 Å². The van der Waals surface area contributed by atoms with Gasteiger partial charge < -0.3 is 15.6 Å². The number of ether oxygens (including phenoxy) is 1. The minimum absolute atomic E-state index is 0.0980. The second kappa shape index (κ2) is 5.15. The number of alkyl halides is 3. The highest BCUT2D eigenvalue weighted by atomic mass is 127. The van der Waals surface area contributed by atoms with Crippen molar-refractivity contribution in [2.45, 2.75) is 19.5 Å². The summed E-state index contributed by atoms with van der Waals surface area (Å²) in [5.74, 6) is -0.418. The third kappa shape index (κ3) is 3.46. The van der Waals surface area contributed by atoms with Crippen LogP contribution in [0.1, 0.15) is 11.3 Å². The summed E-state index contributed by atoms with van der Waals surface area (Å²) in [5.41, 5.74) is 5.57. The van der Waals surface area contributed by atoms with Crippen molar-refractivity contribution in [3.05, 3.63) is 21.0 Å². The third-order valence-electron chi connectivity index (χ3n) is 1.68. The molecule has 1 aromatic rings. The summed E-state index contributed by atoms with van der Waals surface area (Å²) >= 11 is 1.74. The molecule has 0 radical (unpaired) electrons. The van der Waals surface area contributed by atoms with Gasteiger partial charge >= 0.3 is 6.36 Å². The number of aliphatic hydroxyl groups is 1. The molecular weight excluding hydrogens is 340 g/mol. The molecule has 3 N–H and O–H groups in total. The van der Waals surface area contributed by atoms with Crippen LogP contribution < -0.4 is 10.5 Å². The van der Waals surface area contributed by atoms with Gasteiger partial charge in [0.05, 0.1) is 12.3 Å². The number of aromatic nitrogens is 1. The van der Waals surface area contributed by atoms with E-state index in [4.69, 9.17) is 10.8 Å². The van der Waals surface area contributed by atoms with Gasteiger partial charge in [-0.1, -0.05) is 0 Å². The van der Waals surface area contributed by atoms with Gasteiger partial charge in [0.1, 0.15) is 9.45 Å². The number of rotatable bonds is 3. The maximum Gasteiger partial charge on any atom is 0.573 e. The lowest BCUT2D eigenvalue weighted by atomic mass is 10.2. The topological polar surface area (TPSA) is 68.4 Å². The van der Waals surface area contributed by atoms with Gasteiger partial charge in [0.15, 0.2) is 0 Å². The summed E-state index contributed by atoms with van der Waals surface area (Å²) in [6.07, 6.45) is -4.79. The molecule has 0 amide bonds. The largest absolute Gasteiger partial charge is 0.573 e. The van der Waals surface area contributed by atoms with Gasteiger partial charge in [-0.3, -0.25) is 0 Å². The molecule has 0 saturated heterocycles. The van der Waals surface area contributed by atoms with Crippen LogP contribution in [0.5, 0.6) is 5.75 Å². The lowest BCUT2D eigenvalue weighted by Gasteiger charge is -2.14. The third-order valence-corrected chi connectivity index (χ3v) is 2.57. The first-order chi connectivity index (χ1) is 7.37. The van der Waals surface area contributed by atoms with Crippen LogP contribution in [0, 0.1) is 3.70 Å².